The Bertz CT molecular complexity index is 273. The second kappa shape index (κ2) is 5.11. The molecule has 0 spiro atoms. The predicted molar refractivity (Wildman–Crippen MR) is 49.7 cm³/mol. The van der Waals surface area contributed by atoms with Gasteiger partial charge in [-0.15, -0.1) is 0 Å². The van der Waals surface area contributed by atoms with Crippen LogP contribution in [0.4, 0.5) is 0 Å². The van der Waals surface area contributed by atoms with E-state index in [1.807, 2.05) is 37.3 Å². The molecule has 0 fully saturated rings. The molecule has 0 saturated carbocycles. The van der Waals surface area contributed by atoms with Crippen LogP contribution in [0, 0.1) is 0 Å². The summed E-state index contributed by atoms with van der Waals surface area (Å²) in [6.45, 7) is 2.11. The molecule has 0 aliphatic rings. The van der Waals surface area contributed by atoms with Gasteiger partial charge in [-0.2, -0.15) is 0 Å². The molecule has 13 heavy (non-hydrogen) atoms. The fourth-order valence-electron chi connectivity index (χ4n) is 1.04. The molecular formula is C9H11O3S-. The third-order valence-electron chi connectivity index (χ3n) is 1.78. The molecular weight excluding hydrogens is 188 g/mol. The number of rotatable bonds is 4. The summed E-state index contributed by atoms with van der Waals surface area (Å²) in [5.41, 5.74) is 1.08. The Morgan fingerprint density at radius 2 is 2.08 bits per heavy atom. The molecule has 0 bridgehead atoms. The molecule has 0 heterocycles. The Balaban J connectivity index is 2.49. The van der Waals surface area contributed by atoms with Crippen molar-refractivity contribution >= 4 is 11.4 Å². The molecule has 72 valence electrons. The maximum Gasteiger partial charge on any atom is 0.0842 e. The van der Waals surface area contributed by atoms with Crippen LogP contribution in [0.2, 0.25) is 0 Å². The van der Waals surface area contributed by atoms with Crippen molar-refractivity contribution < 1.29 is 12.9 Å². The van der Waals surface area contributed by atoms with Crippen molar-refractivity contribution in [2.75, 3.05) is 6.61 Å². The second-order valence-corrected chi connectivity index (χ2v) is 3.44. The lowest BCUT2D eigenvalue weighted by atomic mass is 10.0. The summed E-state index contributed by atoms with van der Waals surface area (Å²) in [6, 6.07) is 9.65. The molecule has 0 aromatic heterocycles. The minimum atomic E-state index is -2.41. The zero-order valence-electron chi connectivity index (χ0n) is 7.30. The predicted octanol–water partition coefficient (Wildman–Crippen LogP) is 1.60. The fourth-order valence-corrected chi connectivity index (χ4v) is 1.35. The monoisotopic (exact) mass is 199 g/mol. The van der Waals surface area contributed by atoms with Crippen LogP contribution in [0.1, 0.15) is 18.4 Å². The second-order valence-electron chi connectivity index (χ2n) is 2.80. The van der Waals surface area contributed by atoms with Gasteiger partial charge in [-0.25, -0.2) is 4.21 Å². The van der Waals surface area contributed by atoms with Gasteiger partial charge in [0.05, 0.1) is 18.0 Å². The van der Waals surface area contributed by atoms with Crippen LogP contribution < -0.4 is 0 Å². The molecule has 4 heteroatoms. The Kier molecular flexibility index (Phi) is 4.08. The summed E-state index contributed by atoms with van der Waals surface area (Å²) in [5, 5.41) is 0. The van der Waals surface area contributed by atoms with Gasteiger partial charge in [0, 0.05) is 5.92 Å². The average molecular weight is 199 g/mol. The average Bonchev–Trinajstić information content (AvgIpc) is 2.15. The summed E-state index contributed by atoms with van der Waals surface area (Å²) in [5.74, 6) is 0.0964. The first kappa shape index (κ1) is 10.4. The third-order valence-corrected chi connectivity index (χ3v) is 2.11. The van der Waals surface area contributed by atoms with E-state index in [1.165, 1.54) is 0 Å². The van der Waals surface area contributed by atoms with Crippen LogP contribution in [0.3, 0.4) is 0 Å². The van der Waals surface area contributed by atoms with Gasteiger partial charge in [0.15, 0.2) is 0 Å². The topological polar surface area (TPSA) is 49.4 Å². The van der Waals surface area contributed by atoms with E-state index in [9.17, 15) is 8.76 Å². The quantitative estimate of drug-likeness (QED) is 0.692. The SMILES string of the molecule is CC(COS(=O)[O-])c1ccccc1. The maximum absolute atomic E-state index is 10.1. The highest BCUT2D eigenvalue weighted by Gasteiger charge is 2.04. The first-order chi connectivity index (χ1) is 6.20. The van der Waals surface area contributed by atoms with E-state index < -0.39 is 11.4 Å². The molecule has 0 aliphatic heterocycles. The van der Waals surface area contributed by atoms with E-state index in [1.54, 1.807) is 0 Å². The lowest BCUT2D eigenvalue weighted by molar-refractivity contribution is 0.283. The molecule has 0 saturated heterocycles. The zero-order chi connectivity index (χ0) is 9.68. The van der Waals surface area contributed by atoms with Gasteiger partial charge < -0.3 is 8.74 Å². The minimum Gasteiger partial charge on any atom is -0.750 e. The molecule has 0 N–H and O–H groups in total. The maximum atomic E-state index is 10.1. The van der Waals surface area contributed by atoms with Gasteiger partial charge in [-0.1, -0.05) is 37.3 Å². The van der Waals surface area contributed by atoms with Crippen LogP contribution in [-0.4, -0.2) is 15.4 Å². The smallest absolute Gasteiger partial charge is 0.0842 e. The lowest BCUT2D eigenvalue weighted by Crippen LogP contribution is -2.05. The van der Waals surface area contributed by atoms with Crippen LogP contribution in [0.25, 0.3) is 0 Å². The Hall–Kier alpha value is -0.710. The van der Waals surface area contributed by atoms with Gasteiger partial charge in [-0.05, 0) is 5.56 Å². The summed E-state index contributed by atoms with van der Waals surface area (Å²) in [6.07, 6.45) is 0. The van der Waals surface area contributed by atoms with Crippen LogP contribution in [-0.2, 0) is 15.5 Å². The summed E-state index contributed by atoms with van der Waals surface area (Å²) in [7, 11) is 0. The highest BCUT2D eigenvalue weighted by molar-refractivity contribution is 7.74. The van der Waals surface area contributed by atoms with Crippen molar-refractivity contribution in [2.24, 2.45) is 0 Å². The third kappa shape index (κ3) is 3.67. The number of hydrogen-bond donors (Lipinski definition) is 0. The molecule has 0 amide bonds. The Morgan fingerprint density at radius 3 is 2.62 bits per heavy atom. The van der Waals surface area contributed by atoms with E-state index >= 15 is 0 Å². The van der Waals surface area contributed by atoms with Gasteiger partial charge in [0.25, 0.3) is 0 Å². The van der Waals surface area contributed by atoms with Crippen molar-refractivity contribution in [3.8, 4) is 0 Å². The highest BCUT2D eigenvalue weighted by atomic mass is 32.2. The van der Waals surface area contributed by atoms with Gasteiger partial charge in [0.2, 0.25) is 0 Å². The molecule has 0 aliphatic carbocycles. The standard InChI is InChI=1S/C9H12O3S/c1-8(7-12-13(10)11)9-5-3-2-4-6-9/h2-6,8H,7H2,1H3,(H,10,11)/p-1. The number of hydrogen-bond acceptors (Lipinski definition) is 3. The largest absolute Gasteiger partial charge is 0.750 e. The first-order valence-electron chi connectivity index (χ1n) is 3.97. The minimum absolute atomic E-state index is 0.0964. The molecule has 1 aromatic carbocycles. The first-order valence-corrected chi connectivity index (χ1v) is 4.97. The zero-order valence-corrected chi connectivity index (χ0v) is 8.12. The van der Waals surface area contributed by atoms with Gasteiger partial charge >= 0.3 is 0 Å². The van der Waals surface area contributed by atoms with E-state index in [4.69, 9.17) is 0 Å². The van der Waals surface area contributed by atoms with Gasteiger partial charge in [0.1, 0.15) is 0 Å². The summed E-state index contributed by atoms with van der Waals surface area (Å²) >= 11 is -2.41. The normalized spacial score (nSPS) is 15.2. The van der Waals surface area contributed by atoms with Crippen LogP contribution in [0.5, 0.6) is 0 Å². The molecule has 3 nitrogen and oxygen atoms in total. The molecule has 2 atom stereocenters. The molecule has 2 unspecified atom stereocenters. The van der Waals surface area contributed by atoms with Crippen molar-refractivity contribution in [1.29, 1.82) is 0 Å². The Labute approximate surface area is 80.2 Å². The van der Waals surface area contributed by atoms with Crippen molar-refractivity contribution in [3.05, 3.63) is 35.9 Å². The lowest BCUT2D eigenvalue weighted by Gasteiger charge is -2.12. The van der Waals surface area contributed by atoms with E-state index in [2.05, 4.69) is 4.18 Å². The van der Waals surface area contributed by atoms with Gasteiger partial charge in [-0.3, -0.25) is 0 Å². The van der Waals surface area contributed by atoms with Crippen LogP contribution >= 0.6 is 0 Å². The van der Waals surface area contributed by atoms with Crippen molar-refractivity contribution in [3.63, 3.8) is 0 Å². The highest BCUT2D eigenvalue weighted by Crippen LogP contribution is 2.14. The van der Waals surface area contributed by atoms with E-state index in [0.29, 0.717) is 0 Å². The molecule has 1 rings (SSSR count). The fraction of sp³-hybridized carbons (Fsp3) is 0.333. The molecule has 1 aromatic rings. The van der Waals surface area contributed by atoms with Crippen molar-refractivity contribution in [1.82, 2.24) is 0 Å². The van der Waals surface area contributed by atoms with Crippen LogP contribution in [0.15, 0.2) is 30.3 Å². The van der Waals surface area contributed by atoms with Crippen molar-refractivity contribution in [2.45, 2.75) is 12.8 Å². The Morgan fingerprint density at radius 1 is 1.46 bits per heavy atom. The summed E-state index contributed by atoms with van der Waals surface area (Å²) in [4.78, 5) is 0. The van der Waals surface area contributed by atoms with E-state index in [-0.39, 0.29) is 12.5 Å². The summed E-state index contributed by atoms with van der Waals surface area (Å²) < 4.78 is 24.7. The van der Waals surface area contributed by atoms with E-state index in [0.717, 1.165) is 5.56 Å². The molecule has 0 radical (unpaired) electrons. The number of benzene rings is 1.